The van der Waals surface area contributed by atoms with E-state index < -0.39 is 0 Å². The van der Waals surface area contributed by atoms with Crippen LogP contribution in [0.2, 0.25) is 0 Å². The third-order valence-electron chi connectivity index (χ3n) is 4.30. The van der Waals surface area contributed by atoms with Crippen LogP contribution in [0.5, 0.6) is 0 Å². The molecule has 0 spiro atoms. The molecule has 25 heavy (non-hydrogen) atoms. The maximum Gasteiger partial charge on any atom is 0.232 e. The van der Waals surface area contributed by atoms with Gasteiger partial charge in [-0.25, -0.2) is 0 Å². The van der Waals surface area contributed by atoms with Crippen LogP contribution in [-0.2, 0) is 4.74 Å². The van der Waals surface area contributed by atoms with Crippen LogP contribution < -0.4 is 4.90 Å². The highest BCUT2D eigenvalue weighted by molar-refractivity contribution is 7.99. The Morgan fingerprint density at radius 2 is 1.92 bits per heavy atom. The molecule has 1 saturated heterocycles. The lowest BCUT2D eigenvalue weighted by atomic mass is 10.2. The van der Waals surface area contributed by atoms with E-state index in [0.717, 1.165) is 68.1 Å². The van der Waals surface area contributed by atoms with Gasteiger partial charge in [0.2, 0.25) is 5.95 Å². The fourth-order valence-corrected chi connectivity index (χ4v) is 3.84. The highest BCUT2D eigenvalue weighted by Crippen LogP contribution is 2.29. The zero-order valence-electron chi connectivity index (χ0n) is 14.7. The fraction of sp³-hybridized carbons (Fsp3) is 0.556. The Labute approximate surface area is 153 Å². The number of para-hydroxylation sites is 1. The SMILES string of the molecule is Cc1ccccc1-n1c(SCCCCCO)nnc1N1CCOCC1. The molecular formula is C18H26N4O2S. The van der Waals surface area contributed by atoms with Gasteiger partial charge in [0.1, 0.15) is 0 Å². The van der Waals surface area contributed by atoms with Crippen molar-refractivity contribution in [1.82, 2.24) is 14.8 Å². The average molecular weight is 362 g/mol. The number of thioether (sulfide) groups is 1. The highest BCUT2D eigenvalue weighted by Gasteiger charge is 2.22. The van der Waals surface area contributed by atoms with Gasteiger partial charge in [-0.15, -0.1) is 10.2 Å². The van der Waals surface area contributed by atoms with Crippen LogP contribution in [0.1, 0.15) is 24.8 Å². The second-order valence-corrected chi connectivity index (χ2v) is 7.20. The number of rotatable bonds is 8. The quantitative estimate of drug-likeness (QED) is 0.575. The van der Waals surface area contributed by atoms with Gasteiger partial charge >= 0.3 is 0 Å². The molecule has 1 aromatic heterocycles. The first-order valence-corrected chi connectivity index (χ1v) is 9.87. The number of aliphatic hydroxyl groups excluding tert-OH is 1. The summed E-state index contributed by atoms with van der Waals surface area (Å²) < 4.78 is 7.65. The minimum absolute atomic E-state index is 0.269. The van der Waals surface area contributed by atoms with Crippen LogP contribution in [0.3, 0.4) is 0 Å². The molecule has 1 aliphatic rings. The molecule has 1 aliphatic heterocycles. The number of ether oxygens (including phenoxy) is 1. The molecule has 2 aromatic rings. The Morgan fingerprint density at radius 1 is 1.12 bits per heavy atom. The van der Waals surface area contributed by atoms with Crippen molar-refractivity contribution in [1.29, 1.82) is 0 Å². The molecule has 1 N–H and O–H groups in total. The molecule has 0 bridgehead atoms. The zero-order chi connectivity index (χ0) is 17.5. The van der Waals surface area contributed by atoms with E-state index in [9.17, 15) is 0 Å². The number of unbranched alkanes of at least 4 members (excludes halogenated alkanes) is 2. The first kappa shape index (κ1) is 18.2. The van der Waals surface area contributed by atoms with Crippen molar-refractivity contribution in [3.63, 3.8) is 0 Å². The largest absolute Gasteiger partial charge is 0.396 e. The Kier molecular flexibility index (Phi) is 6.72. The van der Waals surface area contributed by atoms with Crippen molar-refractivity contribution in [2.75, 3.05) is 43.6 Å². The van der Waals surface area contributed by atoms with Crippen molar-refractivity contribution in [2.45, 2.75) is 31.3 Å². The number of anilines is 1. The van der Waals surface area contributed by atoms with Crippen LogP contribution in [0, 0.1) is 6.92 Å². The Hall–Kier alpha value is -1.57. The zero-order valence-corrected chi connectivity index (χ0v) is 15.5. The molecule has 0 atom stereocenters. The third-order valence-corrected chi connectivity index (χ3v) is 5.32. The van der Waals surface area contributed by atoms with E-state index in [1.807, 2.05) is 0 Å². The molecule has 0 saturated carbocycles. The number of aliphatic hydroxyl groups is 1. The molecule has 7 heteroatoms. The maximum atomic E-state index is 8.90. The number of nitrogens with zero attached hydrogens (tertiary/aromatic N) is 4. The second-order valence-electron chi connectivity index (χ2n) is 6.14. The number of aromatic nitrogens is 3. The smallest absolute Gasteiger partial charge is 0.232 e. The molecule has 6 nitrogen and oxygen atoms in total. The molecule has 136 valence electrons. The van der Waals surface area contributed by atoms with Crippen LogP contribution in [-0.4, -0.2) is 58.5 Å². The van der Waals surface area contributed by atoms with E-state index in [0.29, 0.717) is 0 Å². The molecule has 2 heterocycles. The monoisotopic (exact) mass is 362 g/mol. The van der Waals surface area contributed by atoms with Gasteiger partial charge < -0.3 is 14.7 Å². The van der Waals surface area contributed by atoms with E-state index in [1.54, 1.807) is 11.8 Å². The topological polar surface area (TPSA) is 63.4 Å². The molecule has 1 fully saturated rings. The van der Waals surface area contributed by atoms with Crippen molar-refractivity contribution < 1.29 is 9.84 Å². The molecular weight excluding hydrogens is 336 g/mol. The van der Waals surface area contributed by atoms with Crippen LogP contribution in [0.25, 0.3) is 5.69 Å². The highest BCUT2D eigenvalue weighted by atomic mass is 32.2. The first-order chi connectivity index (χ1) is 12.3. The molecule has 0 aliphatic carbocycles. The maximum absolute atomic E-state index is 8.90. The summed E-state index contributed by atoms with van der Waals surface area (Å²) in [5.41, 5.74) is 2.34. The minimum atomic E-state index is 0.269. The summed E-state index contributed by atoms with van der Waals surface area (Å²) in [4.78, 5) is 2.25. The van der Waals surface area contributed by atoms with Crippen LogP contribution in [0.15, 0.2) is 29.4 Å². The van der Waals surface area contributed by atoms with E-state index in [-0.39, 0.29) is 6.61 Å². The first-order valence-electron chi connectivity index (χ1n) is 8.89. The second kappa shape index (κ2) is 9.22. The number of benzene rings is 1. The normalized spacial score (nSPS) is 14.9. The molecule has 1 aromatic carbocycles. The number of morpholine rings is 1. The van der Waals surface area contributed by atoms with Crippen molar-refractivity contribution in [3.05, 3.63) is 29.8 Å². The lowest BCUT2D eigenvalue weighted by Crippen LogP contribution is -2.38. The summed E-state index contributed by atoms with van der Waals surface area (Å²) in [7, 11) is 0. The summed E-state index contributed by atoms with van der Waals surface area (Å²) in [6, 6.07) is 8.35. The van der Waals surface area contributed by atoms with Crippen molar-refractivity contribution in [2.24, 2.45) is 0 Å². The Bertz CT molecular complexity index is 671. The molecule has 0 radical (unpaired) electrons. The number of hydrogen-bond acceptors (Lipinski definition) is 6. The van der Waals surface area contributed by atoms with Gasteiger partial charge in [-0.3, -0.25) is 4.57 Å². The number of aryl methyl sites for hydroxylation is 1. The van der Waals surface area contributed by atoms with Gasteiger partial charge in [0.15, 0.2) is 5.16 Å². The van der Waals surface area contributed by atoms with E-state index in [1.165, 1.54) is 5.56 Å². The Balaban J connectivity index is 1.84. The lowest BCUT2D eigenvalue weighted by molar-refractivity contribution is 0.122. The predicted octanol–water partition coefficient (Wildman–Crippen LogP) is 2.67. The Morgan fingerprint density at radius 3 is 2.68 bits per heavy atom. The summed E-state index contributed by atoms with van der Waals surface area (Å²) >= 11 is 1.74. The lowest BCUT2D eigenvalue weighted by Gasteiger charge is -2.28. The summed E-state index contributed by atoms with van der Waals surface area (Å²) in [5.74, 6) is 1.88. The number of hydrogen-bond donors (Lipinski definition) is 1. The summed E-state index contributed by atoms with van der Waals surface area (Å²) in [6.45, 7) is 5.52. The van der Waals surface area contributed by atoms with Crippen molar-refractivity contribution >= 4 is 17.7 Å². The predicted molar refractivity (Wildman–Crippen MR) is 101 cm³/mol. The van der Waals surface area contributed by atoms with Gasteiger partial charge in [0.05, 0.1) is 18.9 Å². The van der Waals surface area contributed by atoms with Crippen LogP contribution >= 0.6 is 11.8 Å². The standard InChI is InChI=1S/C18H26N4O2S/c1-15-7-3-4-8-16(15)22-17(21-9-12-24-13-10-21)19-20-18(22)25-14-6-2-5-11-23/h3-4,7-8,23H,2,5-6,9-14H2,1H3. The van der Waals surface area contributed by atoms with E-state index in [2.05, 4.69) is 50.9 Å². The molecule has 0 unspecified atom stereocenters. The van der Waals surface area contributed by atoms with Gasteiger partial charge in [0, 0.05) is 25.4 Å². The minimum Gasteiger partial charge on any atom is -0.396 e. The summed E-state index contributed by atoms with van der Waals surface area (Å²) in [5, 5.41) is 18.8. The van der Waals surface area contributed by atoms with Gasteiger partial charge in [-0.05, 0) is 31.4 Å². The summed E-state index contributed by atoms with van der Waals surface area (Å²) in [6.07, 6.45) is 2.97. The van der Waals surface area contributed by atoms with E-state index in [4.69, 9.17) is 9.84 Å². The average Bonchev–Trinajstić information content (AvgIpc) is 3.06. The molecule has 0 amide bonds. The van der Waals surface area contributed by atoms with Crippen LogP contribution in [0.4, 0.5) is 5.95 Å². The van der Waals surface area contributed by atoms with Crippen molar-refractivity contribution in [3.8, 4) is 5.69 Å². The van der Waals surface area contributed by atoms with E-state index >= 15 is 0 Å². The fourth-order valence-electron chi connectivity index (χ4n) is 2.90. The molecule has 3 rings (SSSR count). The van der Waals surface area contributed by atoms with Gasteiger partial charge in [-0.2, -0.15) is 0 Å². The van der Waals surface area contributed by atoms with Gasteiger partial charge in [-0.1, -0.05) is 36.4 Å². The third kappa shape index (κ3) is 4.54. The van der Waals surface area contributed by atoms with Gasteiger partial charge in [0.25, 0.3) is 0 Å².